The molecule has 2 rings (SSSR count). The maximum atomic E-state index is 11.9. The van der Waals surface area contributed by atoms with Crippen molar-refractivity contribution in [2.24, 2.45) is 11.8 Å². The third-order valence-corrected chi connectivity index (χ3v) is 4.84. The number of nitrogens with one attached hydrogen (secondary N) is 1. The van der Waals surface area contributed by atoms with Gasteiger partial charge in [-0.2, -0.15) is 0 Å². The van der Waals surface area contributed by atoms with Crippen LogP contribution in [0.15, 0.2) is 24.3 Å². The predicted molar refractivity (Wildman–Crippen MR) is 92.0 cm³/mol. The number of rotatable bonds is 6. The van der Waals surface area contributed by atoms with Crippen LogP contribution in [0.5, 0.6) is 5.75 Å². The number of carbonyl (C=O) groups excluding carboxylic acids is 2. The zero-order valence-electron chi connectivity index (χ0n) is 14.1. The minimum absolute atomic E-state index is 0.158. The number of carbonyl (C=O) groups is 2. The first-order valence-electron chi connectivity index (χ1n) is 8.29. The Morgan fingerprint density at radius 2 is 1.88 bits per heavy atom. The molecule has 0 aliphatic heterocycles. The number of benzene rings is 1. The minimum Gasteiger partial charge on any atom is -0.482 e. The largest absolute Gasteiger partial charge is 0.482 e. The van der Waals surface area contributed by atoms with Crippen LogP contribution in [0.3, 0.4) is 0 Å². The Bertz CT molecular complexity index is 561. The zero-order chi connectivity index (χ0) is 17.5. The summed E-state index contributed by atoms with van der Waals surface area (Å²) in [5.41, 5.74) is 0. The molecule has 0 radical (unpaired) electrons. The molecule has 1 aromatic rings. The summed E-state index contributed by atoms with van der Waals surface area (Å²) in [5, 5.41) is 3.55. The topological polar surface area (TPSA) is 64.6 Å². The molecule has 1 fully saturated rings. The van der Waals surface area contributed by atoms with Gasteiger partial charge in [0.2, 0.25) is 0 Å². The highest BCUT2D eigenvalue weighted by molar-refractivity contribution is 6.30. The Labute approximate surface area is 147 Å². The van der Waals surface area contributed by atoms with Crippen LogP contribution in [-0.4, -0.2) is 31.1 Å². The minimum atomic E-state index is -0.579. The zero-order valence-corrected chi connectivity index (χ0v) is 14.8. The Morgan fingerprint density at radius 3 is 2.58 bits per heavy atom. The highest BCUT2D eigenvalue weighted by Crippen LogP contribution is 2.29. The van der Waals surface area contributed by atoms with Gasteiger partial charge in [-0.3, -0.25) is 4.79 Å². The van der Waals surface area contributed by atoms with Crippen LogP contribution < -0.4 is 10.1 Å². The van der Waals surface area contributed by atoms with Gasteiger partial charge in [0.1, 0.15) is 5.75 Å². The normalized spacial score (nSPS) is 23.4. The van der Waals surface area contributed by atoms with Gasteiger partial charge >= 0.3 is 5.97 Å². The number of hydrogen-bond acceptors (Lipinski definition) is 4. The molecule has 0 saturated heterocycles. The van der Waals surface area contributed by atoms with E-state index in [1.54, 1.807) is 24.3 Å². The fourth-order valence-electron chi connectivity index (χ4n) is 2.89. The number of amides is 1. The van der Waals surface area contributed by atoms with Crippen LogP contribution >= 0.6 is 11.6 Å². The molecule has 1 amide bonds. The first-order chi connectivity index (χ1) is 11.5. The summed E-state index contributed by atoms with van der Waals surface area (Å²) in [4.78, 5) is 23.6. The lowest BCUT2D eigenvalue weighted by molar-refractivity contribution is -0.150. The molecule has 1 aliphatic rings. The summed E-state index contributed by atoms with van der Waals surface area (Å²) in [7, 11) is 0. The number of halogens is 1. The van der Waals surface area contributed by atoms with Gasteiger partial charge in [-0.25, -0.2) is 4.79 Å². The van der Waals surface area contributed by atoms with E-state index in [4.69, 9.17) is 21.1 Å². The van der Waals surface area contributed by atoms with E-state index in [9.17, 15) is 9.59 Å². The van der Waals surface area contributed by atoms with Crippen molar-refractivity contribution in [3.63, 3.8) is 0 Å². The van der Waals surface area contributed by atoms with Gasteiger partial charge < -0.3 is 14.8 Å². The van der Waals surface area contributed by atoms with Crippen LogP contribution in [0.4, 0.5) is 0 Å². The van der Waals surface area contributed by atoms with Crippen molar-refractivity contribution >= 4 is 23.5 Å². The van der Waals surface area contributed by atoms with Crippen LogP contribution in [0, 0.1) is 11.8 Å². The van der Waals surface area contributed by atoms with E-state index in [-0.39, 0.29) is 25.2 Å². The maximum absolute atomic E-state index is 11.9. The van der Waals surface area contributed by atoms with Crippen molar-refractivity contribution in [1.82, 2.24) is 5.32 Å². The van der Waals surface area contributed by atoms with E-state index in [1.165, 1.54) is 6.42 Å². The van der Waals surface area contributed by atoms with Crippen molar-refractivity contribution in [2.75, 3.05) is 13.2 Å². The van der Waals surface area contributed by atoms with Gasteiger partial charge in [0.05, 0.1) is 0 Å². The van der Waals surface area contributed by atoms with E-state index in [0.29, 0.717) is 22.6 Å². The second kappa shape index (κ2) is 8.92. The van der Waals surface area contributed by atoms with Crippen molar-refractivity contribution in [2.45, 2.75) is 39.2 Å². The number of esters is 1. The molecule has 0 unspecified atom stereocenters. The third kappa shape index (κ3) is 5.71. The second-order valence-electron chi connectivity index (χ2n) is 6.34. The Hall–Kier alpha value is -1.75. The quantitative estimate of drug-likeness (QED) is 0.797. The van der Waals surface area contributed by atoms with Gasteiger partial charge in [0.25, 0.3) is 5.91 Å². The molecule has 0 heterocycles. The van der Waals surface area contributed by atoms with Crippen LogP contribution in [0.25, 0.3) is 0 Å². The number of hydrogen-bond donors (Lipinski definition) is 1. The maximum Gasteiger partial charge on any atom is 0.344 e. The average molecular weight is 354 g/mol. The van der Waals surface area contributed by atoms with Gasteiger partial charge in [-0.05, 0) is 42.5 Å². The van der Waals surface area contributed by atoms with Crippen molar-refractivity contribution in [3.8, 4) is 5.75 Å². The number of ether oxygens (including phenoxy) is 2. The molecule has 1 saturated carbocycles. The van der Waals surface area contributed by atoms with Crippen LogP contribution in [0.2, 0.25) is 5.02 Å². The fraction of sp³-hybridized carbons (Fsp3) is 0.556. The molecule has 6 heteroatoms. The molecule has 0 spiro atoms. The van der Waals surface area contributed by atoms with Gasteiger partial charge in [0.15, 0.2) is 13.2 Å². The van der Waals surface area contributed by atoms with Crippen LogP contribution in [0.1, 0.15) is 33.1 Å². The predicted octanol–water partition coefficient (Wildman–Crippen LogP) is 3.20. The molecule has 3 atom stereocenters. The standard InChI is InChI=1S/C18H24ClNO4/c1-12-4-3-5-16(13(12)2)20-17(21)10-24-18(22)11-23-15-8-6-14(19)7-9-15/h6-9,12-13,16H,3-5,10-11H2,1-2H3,(H,20,21)/t12-,13+,16+/m1/s1. The lowest BCUT2D eigenvalue weighted by Crippen LogP contribution is -2.45. The second-order valence-corrected chi connectivity index (χ2v) is 6.78. The molecule has 0 aromatic heterocycles. The SMILES string of the molecule is C[C@H]1[C@H](C)CCC[C@@H]1NC(=O)COC(=O)COc1ccc(Cl)cc1. The van der Waals surface area contributed by atoms with Crippen molar-refractivity contribution < 1.29 is 19.1 Å². The Morgan fingerprint density at radius 1 is 1.17 bits per heavy atom. The van der Waals surface area contributed by atoms with Gasteiger partial charge in [-0.15, -0.1) is 0 Å². The molecule has 5 nitrogen and oxygen atoms in total. The average Bonchev–Trinajstić information content (AvgIpc) is 2.56. The summed E-state index contributed by atoms with van der Waals surface area (Å²) in [6.07, 6.45) is 3.29. The fourth-order valence-corrected chi connectivity index (χ4v) is 3.02. The van der Waals surface area contributed by atoms with E-state index in [2.05, 4.69) is 19.2 Å². The van der Waals surface area contributed by atoms with E-state index < -0.39 is 5.97 Å². The van der Waals surface area contributed by atoms with Crippen molar-refractivity contribution in [3.05, 3.63) is 29.3 Å². The first kappa shape index (κ1) is 18.6. The molecule has 1 N–H and O–H groups in total. The van der Waals surface area contributed by atoms with E-state index in [1.807, 2.05) is 0 Å². The summed E-state index contributed by atoms with van der Waals surface area (Å²) < 4.78 is 10.2. The summed E-state index contributed by atoms with van der Waals surface area (Å²) in [5.74, 6) is 0.711. The molecular formula is C18H24ClNO4. The summed E-state index contributed by atoms with van der Waals surface area (Å²) in [6, 6.07) is 6.82. The summed E-state index contributed by atoms with van der Waals surface area (Å²) in [6.45, 7) is 3.84. The molecule has 24 heavy (non-hydrogen) atoms. The third-order valence-electron chi connectivity index (χ3n) is 4.59. The molecule has 1 aliphatic carbocycles. The molecule has 132 valence electrons. The Kier molecular flexibility index (Phi) is 6.91. The van der Waals surface area contributed by atoms with Gasteiger partial charge in [0, 0.05) is 11.1 Å². The molecule has 0 bridgehead atoms. The van der Waals surface area contributed by atoms with Gasteiger partial charge in [-0.1, -0.05) is 38.3 Å². The summed E-state index contributed by atoms with van der Waals surface area (Å²) >= 11 is 5.77. The lowest BCUT2D eigenvalue weighted by atomic mass is 9.78. The smallest absolute Gasteiger partial charge is 0.344 e. The molecular weight excluding hydrogens is 330 g/mol. The van der Waals surface area contributed by atoms with Crippen LogP contribution in [-0.2, 0) is 14.3 Å². The highest BCUT2D eigenvalue weighted by Gasteiger charge is 2.28. The molecule has 1 aromatic carbocycles. The van der Waals surface area contributed by atoms with E-state index >= 15 is 0 Å². The van der Waals surface area contributed by atoms with Crippen molar-refractivity contribution in [1.29, 1.82) is 0 Å². The first-order valence-corrected chi connectivity index (χ1v) is 8.67. The monoisotopic (exact) mass is 353 g/mol. The Balaban J connectivity index is 1.67. The highest BCUT2D eigenvalue weighted by atomic mass is 35.5. The lowest BCUT2D eigenvalue weighted by Gasteiger charge is -2.34. The van der Waals surface area contributed by atoms with E-state index in [0.717, 1.165) is 12.8 Å².